The molecule has 10 nitrogen and oxygen atoms in total. The second kappa shape index (κ2) is 9.73. The monoisotopic (exact) mass is 543 g/mol. The Morgan fingerprint density at radius 2 is 2.03 bits per heavy atom. The van der Waals surface area contributed by atoms with E-state index in [0.29, 0.717) is 23.7 Å². The van der Waals surface area contributed by atoms with E-state index in [2.05, 4.69) is 11.4 Å². The Hall–Kier alpha value is -3.27. The Morgan fingerprint density at radius 1 is 1.26 bits per heavy atom. The third kappa shape index (κ3) is 4.52. The minimum absolute atomic E-state index is 0.00611. The van der Waals surface area contributed by atoms with Gasteiger partial charge in [-0.3, -0.25) is 9.59 Å². The summed E-state index contributed by atoms with van der Waals surface area (Å²) in [5, 5.41) is 14.7. The Bertz CT molecular complexity index is 1220. The lowest BCUT2D eigenvalue weighted by Crippen LogP contribution is -2.67. The third-order valence-electron chi connectivity index (χ3n) is 8.36. The predicted molar refractivity (Wildman–Crippen MR) is 138 cm³/mol. The van der Waals surface area contributed by atoms with Crippen molar-refractivity contribution in [1.82, 2.24) is 5.32 Å². The van der Waals surface area contributed by atoms with Crippen molar-refractivity contribution in [3.63, 3.8) is 0 Å². The maximum Gasteiger partial charge on any atom is 0.509 e. The summed E-state index contributed by atoms with van der Waals surface area (Å²) in [5.41, 5.74) is -0.304. The molecule has 0 unspecified atom stereocenters. The fourth-order valence-electron chi connectivity index (χ4n) is 6.77. The van der Waals surface area contributed by atoms with Crippen LogP contribution < -0.4 is 14.8 Å². The van der Waals surface area contributed by atoms with Crippen molar-refractivity contribution in [3.05, 3.63) is 35.1 Å². The van der Waals surface area contributed by atoms with Crippen LogP contribution >= 0.6 is 0 Å². The fourth-order valence-corrected chi connectivity index (χ4v) is 6.77. The molecule has 1 saturated carbocycles. The quantitative estimate of drug-likeness (QED) is 0.497. The number of hydrogen-bond acceptors (Lipinski definition) is 9. The molecule has 0 aromatic heterocycles. The van der Waals surface area contributed by atoms with Gasteiger partial charge in [-0.05, 0) is 77.0 Å². The van der Waals surface area contributed by atoms with Crippen molar-refractivity contribution in [2.75, 3.05) is 13.7 Å². The summed E-state index contributed by atoms with van der Waals surface area (Å²) < 4.78 is 27.9. The Labute approximate surface area is 228 Å². The molecule has 1 heterocycles. The lowest BCUT2D eigenvalue weighted by Gasteiger charge is -2.59. The molecule has 1 aromatic carbocycles. The average molecular weight is 544 g/mol. The Balaban J connectivity index is 1.24. The molecule has 212 valence electrons. The molecule has 10 heteroatoms. The average Bonchev–Trinajstić information content (AvgIpc) is 3.19. The lowest BCUT2D eigenvalue weighted by atomic mass is 9.47. The molecule has 1 spiro atoms. The van der Waals surface area contributed by atoms with Crippen molar-refractivity contribution >= 4 is 18.0 Å². The molecule has 5 atom stereocenters. The van der Waals surface area contributed by atoms with Crippen LogP contribution in [0.25, 0.3) is 0 Å². The second-order valence-electron chi connectivity index (χ2n) is 11.9. The van der Waals surface area contributed by atoms with Gasteiger partial charge >= 0.3 is 12.1 Å². The van der Waals surface area contributed by atoms with Gasteiger partial charge in [-0.1, -0.05) is 12.5 Å². The van der Waals surface area contributed by atoms with Crippen LogP contribution in [0.15, 0.2) is 24.0 Å². The summed E-state index contributed by atoms with van der Waals surface area (Å²) in [6, 6.07) is 3.96. The number of nitrogens with one attached hydrogen (secondary N) is 1. The van der Waals surface area contributed by atoms with Gasteiger partial charge in [0.15, 0.2) is 23.7 Å². The standard InChI is InChI=1S/C29H37NO9/c1-16(36-26(33)39-27(2,3)4)25(32)30-14-11-21(31)37-20-10-13-29(34)18-7-6-12-28(29)22-17(15-18)8-9-19(35-5)23(22)38-24(20)28/h8-10,16,18,24,34H,6-7,11-15H2,1-5H3,(H,30,32)/t16-,18+,24-,28-,29+/m0/s1. The number of methoxy groups -OCH3 is 1. The SMILES string of the molecule is COc1ccc2c3c1O[C@H]1C(OC(=O)CCNC(=O)[C@H](C)OC(=O)OC(C)(C)C)=CC[C@@]4(O)[C@H](CCC[C@]314)C2. The molecule has 2 N–H and O–H groups in total. The van der Waals surface area contributed by atoms with Crippen LogP contribution in [0.3, 0.4) is 0 Å². The number of rotatable bonds is 7. The van der Waals surface area contributed by atoms with E-state index >= 15 is 0 Å². The molecule has 1 fully saturated rings. The van der Waals surface area contributed by atoms with Gasteiger partial charge in [0.25, 0.3) is 5.91 Å². The summed E-state index contributed by atoms with van der Waals surface area (Å²) in [5.74, 6) is 0.592. The normalized spacial score (nSPS) is 28.7. The maximum absolute atomic E-state index is 12.8. The number of esters is 1. The van der Waals surface area contributed by atoms with Crippen molar-refractivity contribution < 1.29 is 43.2 Å². The van der Waals surface area contributed by atoms with Gasteiger partial charge < -0.3 is 34.1 Å². The molecule has 1 aromatic rings. The highest BCUT2D eigenvalue weighted by atomic mass is 16.7. The van der Waals surface area contributed by atoms with Crippen molar-refractivity contribution in [3.8, 4) is 11.5 Å². The van der Waals surface area contributed by atoms with Gasteiger partial charge in [-0.2, -0.15) is 0 Å². The van der Waals surface area contributed by atoms with E-state index in [1.54, 1.807) is 34.0 Å². The largest absolute Gasteiger partial charge is 0.509 e. The zero-order valence-corrected chi connectivity index (χ0v) is 23.1. The number of aliphatic hydroxyl groups is 1. The molecule has 3 aliphatic carbocycles. The Morgan fingerprint density at radius 3 is 2.74 bits per heavy atom. The highest BCUT2D eigenvalue weighted by molar-refractivity contribution is 5.83. The van der Waals surface area contributed by atoms with Crippen LogP contribution in [0.5, 0.6) is 11.5 Å². The van der Waals surface area contributed by atoms with Gasteiger partial charge in [0, 0.05) is 12.1 Å². The molecule has 1 aliphatic heterocycles. The van der Waals surface area contributed by atoms with Gasteiger partial charge in [0.1, 0.15) is 11.4 Å². The van der Waals surface area contributed by atoms with E-state index in [9.17, 15) is 19.5 Å². The van der Waals surface area contributed by atoms with E-state index in [4.69, 9.17) is 23.7 Å². The molecule has 0 saturated heterocycles. The van der Waals surface area contributed by atoms with Gasteiger partial charge in [-0.15, -0.1) is 0 Å². The van der Waals surface area contributed by atoms with Gasteiger partial charge in [0.2, 0.25) is 0 Å². The van der Waals surface area contributed by atoms with E-state index in [-0.39, 0.29) is 18.9 Å². The summed E-state index contributed by atoms with van der Waals surface area (Å²) in [7, 11) is 1.59. The lowest BCUT2D eigenvalue weighted by molar-refractivity contribution is -0.160. The van der Waals surface area contributed by atoms with Crippen molar-refractivity contribution in [1.29, 1.82) is 0 Å². The first kappa shape index (κ1) is 27.3. The number of hydrogen-bond donors (Lipinski definition) is 2. The van der Waals surface area contributed by atoms with Crippen LogP contribution in [-0.4, -0.2) is 60.2 Å². The third-order valence-corrected chi connectivity index (χ3v) is 8.36. The maximum atomic E-state index is 12.8. The Kier molecular flexibility index (Phi) is 6.81. The fraction of sp³-hybridized carbons (Fsp3) is 0.621. The zero-order valence-electron chi connectivity index (χ0n) is 23.1. The molecule has 5 rings (SSSR count). The van der Waals surface area contributed by atoms with Crippen LogP contribution in [0.1, 0.15) is 70.9 Å². The van der Waals surface area contributed by atoms with Crippen molar-refractivity contribution in [2.24, 2.45) is 5.92 Å². The molecule has 4 aliphatic rings. The number of carbonyl (C=O) groups excluding carboxylic acids is 3. The smallest absolute Gasteiger partial charge is 0.493 e. The number of amides is 1. The van der Waals surface area contributed by atoms with Gasteiger partial charge in [0.05, 0.1) is 24.5 Å². The minimum atomic E-state index is -1.09. The summed E-state index contributed by atoms with van der Waals surface area (Å²) in [6.45, 7) is 6.49. The molecule has 39 heavy (non-hydrogen) atoms. The first-order valence-corrected chi connectivity index (χ1v) is 13.6. The molecule has 1 amide bonds. The summed E-state index contributed by atoms with van der Waals surface area (Å²) in [6.07, 6.45) is 2.74. The predicted octanol–water partition coefficient (Wildman–Crippen LogP) is 3.46. The number of ether oxygens (including phenoxy) is 5. The second-order valence-corrected chi connectivity index (χ2v) is 11.9. The molecular weight excluding hydrogens is 506 g/mol. The van der Waals surface area contributed by atoms with Crippen LogP contribution in [0.4, 0.5) is 4.79 Å². The zero-order chi connectivity index (χ0) is 28.2. The summed E-state index contributed by atoms with van der Waals surface area (Å²) in [4.78, 5) is 36.9. The topological polar surface area (TPSA) is 130 Å². The highest BCUT2D eigenvalue weighted by Gasteiger charge is 2.70. The van der Waals surface area contributed by atoms with E-state index in [1.165, 1.54) is 6.92 Å². The number of benzene rings is 1. The van der Waals surface area contributed by atoms with Gasteiger partial charge in [-0.25, -0.2) is 4.79 Å². The number of carbonyl (C=O) groups is 3. The first-order chi connectivity index (χ1) is 18.4. The van der Waals surface area contributed by atoms with E-state index in [0.717, 1.165) is 36.8 Å². The van der Waals surface area contributed by atoms with E-state index < -0.39 is 46.9 Å². The van der Waals surface area contributed by atoms with Crippen LogP contribution in [0.2, 0.25) is 0 Å². The van der Waals surface area contributed by atoms with E-state index in [1.807, 2.05) is 6.07 Å². The highest BCUT2D eigenvalue weighted by Crippen LogP contribution is 2.67. The van der Waals surface area contributed by atoms with Crippen LogP contribution in [-0.2, 0) is 35.6 Å². The van der Waals surface area contributed by atoms with Crippen molar-refractivity contribution in [2.45, 2.75) is 95.0 Å². The summed E-state index contributed by atoms with van der Waals surface area (Å²) >= 11 is 0. The minimum Gasteiger partial charge on any atom is -0.493 e. The molecule has 0 radical (unpaired) electrons. The molecule has 2 bridgehead atoms. The van der Waals surface area contributed by atoms with Crippen LogP contribution in [0, 0.1) is 5.92 Å². The molecular formula is C29H37NO9. The first-order valence-electron chi connectivity index (χ1n) is 13.6.